The zero-order chi connectivity index (χ0) is 13.8. The first-order chi connectivity index (χ1) is 9.17. The van der Waals surface area contributed by atoms with Gasteiger partial charge < -0.3 is 5.32 Å². The summed E-state index contributed by atoms with van der Waals surface area (Å²) >= 11 is 8.99. The molecule has 0 spiro atoms. The van der Waals surface area contributed by atoms with Gasteiger partial charge in [0.15, 0.2) is 0 Å². The van der Waals surface area contributed by atoms with Gasteiger partial charge in [-0.05, 0) is 56.7 Å². The van der Waals surface area contributed by atoms with E-state index in [2.05, 4.69) is 72.3 Å². The summed E-state index contributed by atoms with van der Waals surface area (Å²) in [5, 5.41) is 10.2. The van der Waals surface area contributed by atoms with Crippen LogP contribution in [-0.4, -0.2) is 9.78 Å². The molecule has 0 radical (unpaired) electrons. The molecule has 0 atom stereocenters. The minimum atomic E-state index is 0.825. The lowest BCUT2D eigenvalue weighted by molar-refractivity contribution is 0.578. The normalized spacial score (nSPS) is 11.2. The second kappa shape index (κ2) is 7.02. The van der Waals surface area contributed by atoms with Crippen molar-refractivity contribution in [2.24, 2.45) is 0 Å². The Labute approximate surface area is 134 Å². The first kappa shape index (κ1) is 15.2. The molecule has 6 heteroatoms. The molecule has 19 heavy (non-hydrogen) atoms. The van der Waals surface area contributed by atoms with Crippen LogP contribution >= 0.6 is 43.2 Å². The van der Waals surface area contributed by atoms with Crippen molar-refractivity contribution in [1.29, 1.82) is 0 Å². The van der Waals surface area contributed by atoms with Crippen LogP contribution in [0, 0.1) is 0 Å². The largest absolute Gasteiger partial charge is 0.306 e. The van der Waals surface area contributed by atoms with Gasteiger partial charge in [-0.15, -0.1) is 11.3 Å². The number of hydrogen-bond acceptors (Lipinski definition) is 3. The molecule has 2 aromatic heterocycles. The van der Waals surface area contributed by atoms with Crippen molar-refractivity contribution in [1.82, 2.24) is 15.1 Å². The molecular weight excluding hydrogens is 390 g/mol. The van der Waals surface area contributed by atoms with E-state index in [0.29, 0.717) is 0 Å². The maximum absolute atomic E-state index is 4.60. The minimum Gasteiger partial charge on any atom is -0.306 e. The van der Waals surface area contributed by atoms with E-state index in [1.165, 1.54) is 15.0 Å². The molecule has 0 saturated carbocycles. The molecule has 0 unspecified atom stereocenters. The first-order valence-corrected chi connectivity index (χ1v) is 8.80. The predicted octanol–water partition coefficient (Wildman–Crippen LogP) is 4.34. The maximum atomic E-state index is 4.60. The van der Waals surface area contributed by atoms with Gasteiger partial charge in [-0.2, -0.15) is 5.10 Å². The van der Waals surface area contributed by atoms with E-state index >= 15 is 0 Å². The molecule has 0 aliphatic heterocycles. The Bertz CT molecular complexity index is 548. The molecule has 0 amide bonds. The van der Waals surface area contributed by atoms with Gasteiger partial charge in [0.25, 0.3) is 0 Å². The lowest BCUT2D eigenvalue weighted by atomic mass is 10.3. The number of aromatic nitrogens is 2. The number of nitrogens with one attached hydrogen (secondary N) is 1. The summed E-state index contributed by atoms with van der Waals surface area (Å²) in [5.74, 6) is 0. The molecule has 3 nitrogen and oxygen atoms in total. The van der Waals surface area contributed by atoms with Crippen molar-refractivity contribution < 1.29 is 0 Å². The van der Waals surface area contributed by atoms with Crippen molar-refractivity contribution in [2.45, 2.75) is 39.9 Å². The highest BCUT2D eigenvalue weighted by Gasteiger charge is 2.13. The molecule has 0 aliphatic rings. The topological polar surface area (TPSA) is 29.9 Å². The second-order valence-corrected chi connectivity index (χ2v) is 6.82. The number of halogens is 2. The van der Waals surface area contributed by atoms with Crippen LogP contribution in [-0.2, 0) is 26.1 Å². The highest BCUT2D eigenvalue weighted by atomic mass is 79.9. The summed E-state index contributed by atoms with van der Waals surface area (Å²) in [6.07, 6.45) is 0.955. The highest BCUT2D eigenvalue weighted by molar-refractivity contribution is 9.10. The third-order valence-electron chi connectivity index (χ3n) is 2.96. The molecule has 0 bridgehead atoms. The Kier molecular flexibility index (Phi) is 5.62. The van der Waals surface area contributed by atoms with Gasteiger partial charge in [0, 0.05) is 29.0 Å². The van der Waals surface area contributed by atoms with Crippen LogP contribution in [0.5, 0.6) is 0 Å². The predicted molar refractivity (Wildman–Crippen MR) is 87.5 cm³/mol. The molecule has 0 saturated heterocycles. The number of hydrogen-bond donors (Lipinski definition) is 1. The van der Waals surface area contributed by atoms with Crippen LogP contribution in [0.3, 0.4) is 0 Å². The number of nitrogens with zero attached hydrogens (tertiary/aromatic N) is 2. The zero-order valence-corrected chi connectivity index (χ0v) is 15.0. The van der Waals surface area contributed by atoms with Crippen molar-refractivity contribution in [3.8, 4) is 0 Å². The standard InChI is InChI=1S/C13H17Br2N3S/c1-3-10-13(15)11(18(4-2)17-10)7-16-8-12-9(14)5-6-19-12/h5-6,16H,3-4,7-8H2,1-2H3. The molecule has 0 aliphatic carbocycles. The highest BCUT2D eigenvalue weighted by Crippen LogP contribution is 2.24. The van der Waals surface area contributed by atoms with Crippen molar-refractivity contribution >= 4 is 43.2 Å². The average Bonchev–Trinajstić information content (AvgIpc) is 2.95. The van der Waals surface area contributed by atoms with Gasteiger partial charge in [0.05, 0.1) is 15.9 Å². The van der Waals surface area contributed by atoms with E-state index in [4.69, 9.17) is 0 Å². The lowest BCUT2D eigenvalue weighted by Gasteiger charge is -2.07. The summed E-state index contributed by atoms with van der Waals surface area (Å²) in [5.41, 5.74) is 2.36. The quantitative estimate of drug-likeness (QED) is 0.772. The third-order valence-corrected chi connectivity index (χ3v) is 5.80. The van der Waals surface area contributed by atoms with Crippen LogP contribution in [0.1, 0.15) is 30.1 Å². The fourth-order valence-electron chi connectivity index (χ4n) is 1.93. The first-order valence-electron chi connectivity index (χ1n) is 6.34. The molecular formula is C13H17Br2N3S. The van der Waals surface area contributed by atoms with Gasteiger partial charge >= 0.3 is 0 Å². The van der Waals surface area contributed by atoms with E-state index in [0.717, 1.165) is 36.2 Å². The monoisotopic (exact) mass is 405 g/mol. The number of aryl methyl sites for hydroxylation is 2. The summed E-state index contributed by atoms with van der Waals surface area (Å²) < 4.78 is 4.40. The van der Waals surface area contributed by atoms with Gasteiger partial charge in [0.1, 0.15) is 0 Å². The molecule has 2 heterocycles. The van der Waals surface area contributed by atoms with Gasteiger partial charge in [0.2, 0.25) is 0 Å². The Morgan fingerprint density at radius 3 is 2.68 bits per heavy atom. The summed E-state index contributed by atoms with van der Waals surface area (Å²) in [4.78, 5) is 1.33. The van der Waals surface area contributed by atoms with E-state index in [9.17, 15) is 0 Å². The van der Waals surface area contributed by atoms with E-state index in [1.54, 1.807) is 11.3 Å². The van der Waals surface area contributed by atoms with Crippen LogP contribution in [0.25, 0.3) is 0 Å². The maximum Gasteiger partial charge on any atom is 0.0767 e. The van der Waals surface area contributed by atoms with E-state index in [1.807, 2.05) is 0 Å². The zero-order valence-electron chi connectivity index (χ0n) is 11.0. The van der Waals surface area contributed by atoms with Crippen molar-refractivity contribution in [3.05, 3.63) is 36.7 Å². The molecule has 1 N–H and O–H groups in total. The van der Waals surface area contributed by atoms with Crippen LogP contribution < -0.4 is 5.32 Å². The Morgan fingerprint density at radius 1 is 1.32 bits per heavy atom. The van der Waals surface area contributed by atoms with Crippen LogP contribution in [0.15, 0.2) is 20.4 Å². The van der Waals surface area contributed by atoms with Crippen LogP contribution in [0.4, 0.5) is 0 Å². The number of thiophene rings is 1. The Hall–Kier alpha value is -0.170. The molecule has 2 rings (SSSR count). The molecule has 0 fully saturated rings. The summed E-state index contributed by atoms with van der Waals surface area (Å²) in [7, 11) is 0. The van der Waals surface area contributed by atoms with E-state index in [-0.39, 0.29) is 0 Å². The van der Waals surface area contributed by atoms with Gasteiger partial charge in [-0.25, -0.2) is 0 Å². The Balaban J connectivity index is 2.03. The minimum absolute atomic E-state index is 0.825. The second-order valence-electron chi connectivity index (χ2n) is 4.17. The summed E-state index contributed by atoms with van der Waals surface area (Å²) in [6, 6.07) is 2.09. The van der Waals surface area contributed by atoms with Crippen LogP contribution in [0.2, 0.25) is 0 Å². The van der Waals surface area contributed by atoms with Gasteiger partial charge in [-0.1, -0.05) is 6.92 Å². The summed E-state index contributed by atoms with van der Waals surface area (Å²) in [6.45, 7) is 6.86. The fraction of sp³-hybridized carbons (Fsp3) is 0.462. The molecule has 0 aromatic carbocycles. The molecule has 2 aromatic rings. The van der Waals surface area contributed by atoms with E-state index < -0.39 is 0 Å². The molecule has 104 valence electrons. The fourth-order valence-corrected chi connectivity index (χ4v) is 4.10. The van der Waals surface area contributed by atoms with Crippen molar-refractivity contribution in [2.75, 3.05) is 0 Å². The SMILES string of the molecule is CCc1nn(CC)c(CNCc2sccc2Br)c1Br. The smallest absolute Gasteiger partial charge is 0.0767 e. The van der Waals surface area contributed by atoms with Crippen molar-refractivity contribution in [3.63, 3.8) is 0 Å². The number of rotatable bonds is 6. The van der Waals surface area contributed by atoms with Gasteiger partial charge in [-0.3, -0.25) is 4.68 Å². The average molecular weight is 407 g/mol. The Morgan fingerprint density at radius 2 is 2.11 bits per heavy atom. The third kappa shape index (κ3) is 3.48. The lowest BCUT2D eigenvalue weighted by Crippen LogP contribution is -2.16.